The van der Waals surface area contributed by atoms with Gasteiger partial charge >= 0.3 is 0 Å². The van der Waals surface area contributed by atoms with E-state index < -0.39 is 0 Å². The first-order chi connectivity index (χ1) is 8.75. The molecule has 1 aromatic rings. The Hall–Kier alpha value is -1.42. The van der Waals surface area contributed by atoms with Gasteiger partial charge in [-0.2, -0.15) is 0 Å². The molecule has 4 heteroatoms. The number of aryl methyl sites for hydroxylation is 1. The third-order valence-electron chi connectivity index (χ3n) is 3.51. The van der Waals surface area contributed by atoms with Gasteiger partial charge in [0.1, 0.15) is 5.82 Å². The van der Waals surface area contributed by atoms with Crippen LogP contribution in [0.3, 0.4) is 0 Å². The van der Waals surface area contributed by atoms with Gasteiger partial charge in [0.05, 0.1) is 0 Å². The summed E-state index contributed by atoms with van der Waals surface area (Å²) in [5, 5.41) is 6.22. The van der Waals surface area contributed by atoms with Crippen LogP contribution in [0.25, 0.3) is 0 Å². The van der Waals surface area contributed by atoms with Crippen LogP contribution in [0, 0.1) is 12.8 Å². The Morgan fingerprint density at radius 1 is 1.50 bits per heavy atom. The van der Waals surface area contributed by atoms with Gasteiger partial charge in [0.2, 0.25) is 5.91 Å². The topological polar surface area (TPSA) is 54.0 Å². The Bertz CT molecular complexity index is 400. The van der Waals surface area contributed by atoms with Crippen molar-refractivity contribution in [2.24, 2.45) is 5.92 Å². The Morgan fingerprint density at radius 2 is 2.28 bits per heavy atom. The van der Waals surface area contributed by atoms with E-state index in [2.05, 4.69) is 15.6 Å². The fourth-order valence-electron chi connectivity index (χ4n) is 2.32. The van der Waals surface area contributed by atoms with Gasteiger partial charge in [0.25, 0.3) is 0 Å². The number of piperidine rings is 1. The number of carbonyl (C=O) groups is 1. The molecule has 2 heterocycles. The molecule has 4 nitrogen and oxygen atoms in total. The number of nitrogens with one attached hydrogen (secondary N) is 2. The second-order valence-corrected chi connectivity index (χ2v) is 4.95. The molecule has 0 radical (unpaired) electrons. The third kappa shape index (κ3) is 3.81. The predicted molar refractivity (Wildman–Crippen MR) is 72.4 cm³/mol. The first kappa shape index (κ1) is 13.0. The molecule has 1 aliphatic rings. The average Bonchev–Trinajstić information content (AvgIpc) is 2.40. The van der Waals surface area contributed by atoms with Crippen LogP contribution in [0.1, 0.15) is 31.2 Å². The maximum absolute atomic E-state index is 11.8. The summed E-state index contributed by atoms with van der Waals surface area (Å²) >= 11 is 0. The molecular formula is C14H21N3O. The standard InChI is InChI=1S/C14H21N3O/c1-11-3-2-8-16-14(11)17-13(18)5-4-12-6-9-15-10-7-12/h2-3,8,12,15H,4-7,9-10H2,1H3,(H,16,17,18). The normalized spacial score (nSPS) is 16.5. The number of amides is 1. The van der Waals surface area contributed by atoms with Gasteiger partial charge < -0.3 is 10.6 Å². The van der Waals surface area contributed by atoms with E-state index in [4.69, 9.17) is 0 Å². The molecule has 1 fully saturated rings. The van der Waals surface area contributed by atoms with Crippen molar-refractivity contribution in [1.29, 1.82) is 0 Å². The Balaban J connectivity index is 1.76. The van der Waals surface area contributed by atoms with Gasteiger partial charge in [-0.15, -0.1) is 0 Å². The second kappa shape index (κ2) is 6.50. The number of hydrogen-bond donors (Lipinski definition) is 2. The molecule has 1 saturated heterocycles. The van der Waals surface area contributed by atoms with E-state index in [1.807, 2.05) is 19.1 Å². The summed E-state index contributed by atoms with van der Waals surface area (Å²) in [6.45, 7) is 4.13. The van der Waals surface area contributed by atoms with E-state index in [9.17, 15) is 4.79 Å². The maximum Gasteiger partial charge on any atom is 0.225 e. The minimum Gasteiger partial charge on any atom is -0.317 e. The first-order valence-corrected chi connectivity index (χ1v) is 6.68. The van der Waals surface area contributed by atoms with Crippen molar-refractivity contribution in [3.63, 3.8) is 0 Å². The molecular weight excluding hydrogens is 226 g/mol. The van der Waals surface area contributed by atoms with Crippen LogP contribution in [0.2, 0.25) is 0 Å². The zero-order valence-electron chi connectivity index (χ0n) is 10.9. The summed E-state index contributed by atoms with van der Waals surface area (Å²) in [6.07, 6.45) is 5.67. The molecule has 0 aromatic carbocycles. The lowest BCUT2D eigenvalue weighted by Crippen LogP contribution is -2.28. The molecule has 0 bridgehead atoms. The van der Waals surface area contributed by atoms with Crippen LogP contribution in [-0.2, 0) is 4.79 Å². The highest BCUT2D eigenvalue weighted by molar-refractivity contribution is 5.90. The molecule has 18 heavy (non-hydrogen) atoms. The number of pyridine rings is 1. The number of aromatic nitrogens is 1. The third-order valence-corrected chi connectivity index (χ3v) is 3.51. The average molecular weight is 247 g/mol. The number of nitrogens with zero attached hydrogens (tertiary/aromatic N) is 1. The van der Waals surface area contributed by atoms with Gasteiger partial charge in [-0.3, -0.25) is 4.79 Å². The van der Waals surface area contributed by atoms with Gasteiger partial charge in [-0.25, -0.2) is 4.98 Å². The molecule has 0 spiro atoms. The molecule has 0 unspecified atom stereocenters. The molecule has 0 aliphatic carbocycles. The molecule has 0 saturated carbocycles. The first-order valence-electron chi connectivity index (χ1n) is 6.68. The van der Waals surface area contributed by atoms with Gasteiger partial charge in [-0.05, 0) is 56.8 Å². The lowest BCUT2D eigenvalue weighted by atomic mass is 9.93. The number of anilines is 1. The Morgan fingerprint density at radius 3 is 3.00 bits per heavy atom. The highest BCUT2D eigenvalue weighted by Crippen LogP contribution is 2.18. The smallest absolute Gasteiger partial charge is 0.225 e. The second-order valence-electron chi connectivity index (χ2n) is 4.95. The fraction of sp³-hybridized carbons (Fsp3) is 0.571. The maximum atomic E-state index is 11.8. The van der Waals surface area contributed by atoms with E-state index in [-0.39, 0.29) is 5.91 Å². The highest BCUT2D eigenvalue weighted by Gasteiger charge is 2.14. The van der Waals surface area contributed by atoms with Gasteiger partial charge in [-0.1, -0.05) is 6.07 Å². The zero-order chi connectivity index (χ0) is 12.8. The van der Waals surface area contributed by atoms with Crippen LogP contribution >= 0.6 is 0 Å². The monoisotopic (exact) mass is 247 g/mol. The summed E-state index contributed by atoms with van der Waals surface area (Å²) in [7, 11) is 0. The molecule has 1 aromatic heterocycles. The predicted octanol–water partition coefficient (Wildman–Crippen LogP) is 2.11. The van der Waals surface area contributed by atoms with E-state index in [1.54, 1.807) is 6.20 Å². The number of hydrogen-bond acceptors (Lipinski definition) is 3. The van der Waals surface area contributed by atoms with Crippen LogP contribution < -0.4 is 10.6 Å². The summed E-state index contributed by atoms with van der Waals surface area (Å²) in [5.74, 6) is 1.46. The van der Waals surface area contributed by atoms with Crippen molar-refractivity contribution in [2.45, 2.75) is 32.6 Å². The van der Waals surface area contributed by atoms with Crippen molar-refractivity contribution in [2.75, 3.05) is 18.4 Å². The fourth-order valence-corrected chi connectivity index (χ4v) is 2.32. The van der Waals surface area contributed by atoms with Gasteiger partial charge in [0.15, 0.2) is 0 Å². The van der Waals surface area contributed by atoms with E-state index in [1.165, 1.54) is 12.8 Å². The highest BCUT2D eigenvalue weighted by atomic mass is 16.1. The van der Waals surface area contributed by atoms with E-state index in [0.717, 1.165) is 25.1 Å². The Kier molecular flexibility index (Phi) is 4.70. The number of carbonyl (C=O) groups excluding carboxylic acids is 1. The largest absolute Gasteiger partial charge is 0.317 e. The summed E-state index contributed by atoms with van der Waals surface area (Å²) in [5.41, 5.74) is 1.01. The Labute approximate surface area is 108 Å². The van der Waals surface area contributed by atoms with Crippen LogP contribution in [0.15, 0.2) is 18.3 Å². The molecule has 0 atom stereocenters. The minimum absolute atomic E-state index is 0.0790. The van der Waals surface area contributed by atoms with Crippen LogP contribution in [0.5, 0.6) is 0 Å². The quantitative estimate of drug-likeness (QED) is 0.856. The molecule has 2 N–H and O–H groups in total. The van der Waals surface area contributed by atoms with Crippen molar-refractivity contribution in [3.8, 4) is 0 Å². The number of rotatable bonds is 4. The molecule has 2 rings (SSSR count). The minimum atomic E-state index is 0.0790. The van der Waals surface area contributed by atoms with Crippen molar-refractivity contribution in [3.05, 3.63) is 23.9 Å². The van der Waals surface area contributed by atoms with E-state index in [0.29, 0.717) is 18.2 Å². The summed E-state index contributed by atoms with van der Waals surface area (Å²) in [6, 6.07) is 3.83. The molecule has 1 amide bonds. The van der Waals surface area contributed by atoms with Crippen molar-refractivity contribution in [1.82, 2.24) is 10.3 Å². The summed E-state index contributed by atoms with van der Waals surface area (Å²) in [4.78, 5) is 16.0. The zero-order valence-corrected chi connectivity index (χ0v) is 10.9. The van der Waals surface area contributed by atoms with Crippen molar-refractivity contribution < 1.29 is 4.79 Å². The molecule has 1 aliphatic heterocycles. The van der Waals surface area contributed by atoms with Gasteiger partial charge in [0, 0.05) is 12.6 Å². The van der Waals surface area contributed by atoms with Crippen LogP contribution in [0.4, 0.5) is 5.82 Å². The SMILES string of the molecule is Cc1cccnc1NC(=O)CCC1CCNCC1. The van der Waals surface area contributed by atoms with Crippen LogP contribution in [-0.4, -0.2) is 24.0 Å². The lowest BCUT2D eigenvalue weighted by molar-refractivity contribution is -0.116. The lowest BCUT2D eigenvalue weighted by Gasteiger charge is -2.22. The van der Waals surface area contributed by atoms with E-state index >= 15 is 0 Å². The van der Waals surface area contributed by atoms with Crippen molar-refractivity contribution >= 4 is 11.7 Å². The molecule has 98 valence electrons. The summed E-state index contributed by atoms with van der Waals surface area (Å²) < 4.78 is 0.